The Hall–Kier alpha value is -3.81. The predicted octanol–water partition coefficient (Wildman–Crippen LogP) is 3.31. The quantitative estimate of drug-likeness (QED) is 0.364. The molecular weight excluding hydrogens is 410 g/mol. The number of aryl methyl sites for hydroxylation is 1. The van der Waals surface area contributed by atoms with Crippen LogP contribution in [0.1, 0.15) is 36.3 Å². The Labute approximate surface area is 184 Å². The number of ketones is 1. The molecule has 5 rings (SSSR count). The number of aromatic nitrogens is 2. The minimum Gasteiger partial charge on any atom is -0.507 e. The maximum absolute atomic E-state index is 13.0. The molecule has 2 atom stereocenters. The lowest BCUT2D eigenvalue weighted by molar-refractivity contribution is -0.140. The van der Waals surface area contributed by atoms with Crippen LogP contribution >= 0.6 is 0 Å². The summed E-state index contributed by atoms with van der Waals surface area (Å²) in [7, 11) is 0. The fraction of sp³-hybridized carbons (Fsp3) is 0.292. The monoisotopic (exact) mass is 433 g/mol. The summed E-state index contributed by atoms with van der Waals surface area (Å²) in [5.74, 6) is -0.347. The first-order valence-corrected chi connectivity index (χ1v) is 10.6. The van der Waals surface area contributed by atoms with Crippen LogP contribution in [-0.2, 0) is 22.6 Å². The molecule has 0 bridgehead atoms. The number of ether oxygens (including phenoxy) is 1. The number of hydrogen-bond acceptors (Lipinski definition) is 6. The van der Waals surface area contributed by atoms with Gasteiger partial charge in [0.05, 0.1) is 18.2 Å². The van der Waals surface area contributed by atoms with Crippen molar-refractivity contribution in [2.24, 2.45) is 0 Å². The summed E-state index contributed by atoms with van der Waals surface area (Å²) in [4.78, 5) is 31.4. The number of nitrogens with zero attached hydrogens (tertiary/aromatic N) is 3. The van der Waals surface area contributed by atoms with Gasteiger partial charge < -0.3 is 23.7 Å². The molecular formula is C24H23N3O5. The summed E-state index contributed by atoms with van der Waals surface area (Å²) < 4.78 is 13.2. The molecule has 1 aromatic carbocycles. The van der Waals surface area contributed by atoms with Gasteiger partial charge in [-0.3, -0.25) is 9.59 Å². The molecule has 1 N–H and O–H groups in total. The number of rotatable bonds is 6. The molecule has 1 amide bonds. The summed E-state index contributed by atoms with van der Waals surface area (Å²) in [5, 5.41) is 11.2. The van der Waals surface area contributed by atoms with E-state index in [0.717, 1.165) is 17.7 Å². The van der Waals surface area contributed by atoms with Gasteiger partial charge in [-0.2, -0.15) is 0 Å². The average Bonchev–Trinajstić information content (AvgIpc) is 3.57. The molecule has 8 heteroatoms. The van der Waals surface area contributed by atoms with Crippen molar-refractivity contribution in [3.63, 3.8) is 0 Å². The van der Waals surface area contributed by atoms with Crippen LogP contribution in [0.3, 0.4) is 0 Å². The van der Waals surface area contributed by atoms with Crippen LogP contribution in [0.5, 0.6) is 5.75 Å². The molecule has 0 spiro atoms. The number of hydrogen-bond donors (Lipinski definition) is 1. The Morgan fingerprint density at radius 3 is 2.88 bits per heavy atom. The van der Waals surface area contributed by atoms with Gasteiger partial charge in [0, 0.05) is 37.5 Å². The van der Waals surface area contributed by atoms with Crippen molar-refractivity contribution in [1.82, 2.24) is 14.5 Å². The molecule has 0 saturated carbocycles. The molecule has 1 fully saturated rings. The number of carbonyl (C=O) groups is 2. The lowest BCUT2D eigenvalue weighted by Gasteiger charge is -2.23. The normalized spacial score (nSPS) is 21.7. The van der Waals surface area contributed by atoms with Crippen molar-refractivity contribution in [3.05, 3.63) is 77.8 Å². The standard InChI is InChI=1S/C24H23N3O5/c1-15-12-17-13-16(5-6-18(17)32-15)22(28)20-21(19-4-2-11-31-19)27(24(30)23(20)29)9-3-8-26-10-7-25-14-26/h2,4-7,10-11,13-15,21,28H,3,8-9,12H2,1H3/t15-,21+/m0/s1. The zero-order valence-corrected chi connectivity index (χ0v) is 17.6. The fourth-order valence-corrected chi connectivity index (χ4v) is 4.42. The number of fused-ring (bicyclic) bond motifs is 1. The van der Waals surface area contributed by atoms with Crippen LogP contribution in [0.15, 0.2) is 65.3 Å². The van der Waals surface area contributed by atoms with E-state index in [9.17, 15) is 14.7 Å². The molecule has 0 unspecified atom stereocenters. The predicted molar refractivity (Wildman–Crippen MR) is 115 cm³/mol. The summed E-state index contributed by atoms with van der Waals surface area (Å²) >= 11 is 0. The highest BCUT2D eigenvalue weighted by Crippen LogP contribution is 2.40. The van der Waals surface area contributed by atoms with E-state index in [0.29, 0.717) is 30.8 Å². The number of imidazole rings is 1. The second kappa shape index (κ2) is 8.03. The zero-order valence-electron chi connectivity index (χ0n) is 17.6. The second-order valence-electron chi connectivity index (χ2n) is 8.12. The van der Waals surface area contributed by atoms with Crippen molar-refractivity contribution >= 4 is 17.4 Å². The minimum absolute atomic E-state index is 0.0412. The third-order valence-electron chi connectivity index (χ3n) is 5.90. The van der Waals surface area contributed by atoms with E-state index in [1.54, 1.807) is 36.8 Å². The van der Waals surface area contributed by atoms with Crippen molar-refractivity contribution in [3.8, 4) is 5.75 Å². The van der Waals surface area contributed by atoms with E-state index in [4.69, 9.17) is 9.15 Å². The number of benzene rings is 1. The van der Waals surface area contributed by atoms with Crippen LogP contribution in [-0.4, -0.2) is 43.9 Å². The van der Waals surface area contributed by atoms with E-state index in [-0.39, 0.29) is 17.4 Å². The van der Waals surface area contributed by atoms with Gasteiger partial charge in [0.1, 0.15) is 29.4 Å². The van der Waals surface area contributed by atoms with E-state index in [1.165, 1.54) is 11.2 Å². The fourth-order valence-electron chi connectivity index (χ4n) is 4.42. The van der Waals surface area contributed by atoms with Gasteiger partial charge in [-0.25, -0.2) is 4.98 Å². The summed E-state index contributed by atoms with van der Waals surface area (Å²) in [6, 6.07) is 7.95. The Morgan fingerprint density at radius 2 is 2.12 bits per heavy atom. The smallest absolute Gasteiger partial charge is 0.295 e. The molecule has 4 heterocycles. The van der Waals surface area contributed by atoms with Crippen LogP contribution in [0.2, 0.25) is 0 Å². The lowest BCUT2D eigenvalue weighted by Crippen LogP contribution is -2.31. The Kier molecular flexibility index (Phi) is 5.05. The number of aliphatic hydroxyl groups is 1. The van der Waals surface area contributed by atoms with Gasteiger partial charge in [0.15, 0.2) is 0 Å². The second-order valence-corrected chi connectivity index (χ2v) is 8.12. The Balaban J connectivity index is 1.49. The molecule has 1 saturated heterocycles. The highest BCUT2D eigenvalue weighted by Gasteiger charge is 2.47. The van der Waals surface area contributed by atoms with Crippen LogP contribution < -0.4 is 4.74 Å². The summed E-state index contributed by atoms with van der Waals surface area (Å²) in [6.07, 6.45) is 8.14. The van der Waals surface area contributed by atoms with Gasteiger partial charge in [-0.15, -0.1) is 0 Å². The molecule has 32 heavy (non-hydrogen) atoms. The highest BCUT2D eigenvalue weighted by molar-refractivity contribution is 6.46. The molecule has 2 aliphatic heterocycles. The van der Waals surface area contributed by atoms with Gasteiger partial charge in [-0.05, 0) is 49.2 Å². The molecule has 0 aliphatic carbocycles. The molecule has 3 aromatic rings. The van der Waals surface area contributed by atoms with Crippen molar-refractivity contribution in [2.75, 3.05) is 6.54 Å². The van der Waals surface area contributed by atoms with Crippen molar-refractivity contribution in [1.29, 1.82) is 0 Å². The summed E-state index contributed by atoms with van der Waals surface area (Å²) in [5.41, 5.74) is 1.49. The van der Waals surface area contributed by atoms with Crippen LogP contribution in [0.25, 0.3) is 5.76 Å². The number of Topliss-reactive ketones (excluding diaryl/α,β-unsaturated/α-hetero) is 1. The van der Waals surface area contributed by atoms with Crippen LogP contribution in [0, 0.1) is 0 Å². The van der Waals surface area contributed by atoms with Gasteiger partial charge in [0.2, 0.25) is 0 Å². The molecule has 8 nitrogen and oxygen atoms in total. The van der Waals surface area contributed by atoms with Gasteiger partial charge in [0.25, 0.3) is 11.7 Å². The third-order valence-corrected chi connectivity index (χ3v) is 5.90. The molecule has 2 aliphatic rings. The SMILES string of the molecule is C[C@H]1Cc2cc(C(O)=C3C(=O)C(=O)N(CCCn4ccnc4)[C@@H]3c3ccco3)ccc2O1. The number of likely N-dealkylation sites (tertiary alicyclic amines) is 1. The van der Waals surface area contributed by atoms with Crippen LogP contribution in [0.4, 0.5) is 0 Å². The first kappa shape index (κ1) is 20.1. The third kappa shape index (κ3) is 3.47. The maximum atomic E-state index is 13.0. The average molecular weight is 433 g/mol. The number of furan rings is 1. The molecule has 2 aromatic heterocycles. The number of amides is 1. The maximum Gasteiger partial charge on any atom is 0.295 e. The number of carbonyl (C=O) groups excluding carboxylic acids is 2. The Bertz CT molecular complexity index is 1180. The van der Waals surface area contributed by atoms with Gasteiger partial charge >= 0.3 is 0 Å². The van der Waals surface area contributed by atoms with E-state index < -0.39 is 17.7 Å². The summed E-state index contributed by atoms with van der Waals surface area (Å²) in [6.45, 7) is 2.96. The first-order valence-electron chi connectivity index (χ1n) is 10.6. The first-order chi connectivity index (χ1) is 15.5. The number of aliphatic hydroxyl groups excluding tert-OH is 1. The Morgan fingerprint density at radius 1 is 1.25 bits per heavy atom. The van der Waals surface area contributed by atoms with Crippen molar-refractivity contribution < 1.29 is 23.8 Å². The highest BCUT2D eigenvalue weighted by atomic mass is 16.5. The van der Waals surface area contributed by atoms with E-state index in [1.807, 2.05) is 23.8 Å². The minimum atomic E-state index is -0.781. The van der Waals surface area contributed by atoms with E-state index in [2.05, 4.69) is 4.98 Å². The molecule has 164 valence electrons. The zero-order chi connectivity index (χ0) is 22.2. The van der Waals surface area contributed by atoms with Crippen molar-refractivity contribution in [2.45, 2.75) is 38.5 Å². The largest absolute Gasteiger partial charge is 0.507 e. The lowest BCUT2D eigenvalue weighted by atomic mass is 9.97. The van der Waals surface area contributed by atoms with Gasteiger partial charge in [-0.1, -0.05) is 0 Å². The van der Waals surface area contributed by atoms with E-state index >= 15 is 0 Å². The topological polar surface area (TPSA) is 97.8 Å². The molecule has 0 radical (unpaired) electrons.